The fourth-order valence-electron chi connectivity index (χ4n) is 2.26. The molecule has 0 spiro atoms. The van der Waals surface area contributed by atoms with E-state index in [9.17, 15) is 17.6 Å². The van der Waals surface area contributed by atoms with E-state index >= 15 is 0 Å². The van der Waals surface area contributed by atoms with Crippen LogP contribution in [0.1, 0.15) is 11.6 Å². The standard InChI is InChI=1S/C12H13BrF4N2/c13-7-5-8(14)10(9(15)6-7)11(12(16)17)19-3-1-18-2-4-19/h5-6,11-12,18H,1-4H2/t11-/m0/s1. The van der Waals surface area contributed by atoms with E-state index in [0.29, 0.717) is 26.2 Å². The molecule has 1 fully saturated rings. The number of alkyl halides is 2. The van der Waals surface area contributed by atoms with Crippen LogP contribution in [0.15, 0.2) is 16.6 Å². The summed E-state index contributed by atoms with van der Waals surface area (Å²) < 4.78 is 54.3. The van der Waals surface area contributed by atoms with E-state index in [1.165, 1.54) is 4.90 Å². The highest BCUT2D eigenvalue weighted by molar-refractivity contribution is 9.10. The van der Waals surface area contributed by atoms with E-state index in [4.69, 9.17) is 0 Å². The first-order valence-electron chi connectivity index (χ1n) is 5.88. The largest absolute Gasteiger partial charge is 0.314 e. The van der Waals surface area contributed by atoms with Gasteiger partial charge in [0.25, 0.3) is 6.43 Å². The Kier molecular flexibility index (Phi) is 4.81. The lowest BCUT2D eigenvalue weighted by atomic mass is 10.0. The molecule has 1 aliphatic rings. The van der Waals surface area contributed by atoms with Crippen molar-refractivity contribution in [1.82, 2.24) is 10.2 Å². The summed E-state index contributed by atoms with van der Waals surface area (Å²) in [7, 11) is 0. The Morgan fingerprint density at radius 3 is 2.11 bits per heavy atom. The number of piperazine rings is 1. The molecule has 19 heavy (non-hydrogen) atoms. The number of benzene rings is 1. The van der Waals surface area contributed by atoms with Crippen LogP contribution >= 0.6 is 15.9 Å². The lowest BCUT2D eigenvalue weighted by Crippen LogP contribution is -2.47. The molecule has 2 rings (SSSR count). The molecule has 0 radical (unpaired) electrons. The predicted molar refractivity (Wildman–Crippen MR) is 67.2 cm³/mol. The molecule has 1 N–H and O–H groups in total. The van der Waals surface area contributed by atoms with Crippen LogP contribution in [0.5, 0.6) is 0 Å². The third kappa shape index (κ3) is 3.27. The maximum Gasteiger partial charge on any atom is 0.258 e. The molecule has 1 aromatic carbocycles. The number of nitrogens with one attached hydrogen (secondary N) is 1. The summed E-state index contributed by atoms with van der Waals surface area (Å²) in [6.07, 6.45) is -2.84. The van der Waals surface area contributed by atoms with E-state index in [1.54, 1.807) is 0 Å². The second-order valence-electron chi connectivity index (χ2n) is 4.35. The second-order valence-corrected chi connectivity index (χ2v) is 5.26. The summed E-state index contributed by atoms with van der Waals surface area (Å²) in [5, 5.41) is 3.02. The van der Waals surface area contributed by atoms with Crippen LogP contribution in [0.25, 0.3) is 0 Å². The van der Waals surface area contributed by atoms with Gasteiger partial charge in [-0.1, -0.05) is 15.9 Å². The first-order chi connectivity index (χ1) is 9.00. The van der Waals surface area contributed by atoms with Crippen molar-refractivity contribution in [3.8, 4) is 0 Å². The van der Waals surface area contributed by atoms with Gasteiger partial charge >= 0.3 is 0 Å². The fraction of sp³-hybridized carbons (Fsp3) is 0.500. The average molecular weight is 341 g/mol. The Balaban J connectivity index is 2.38. The first-order valence-corrected chi connectivity index (χ1v) is 6.67. The number of halogens is 5. The van der Waals surface area contributed by atoms with Gasteiger partial charge in [0.1, 0.15) is 17.7 Å². The first kappa shape index (κ1) is 14.7. The van der Waals surface area contributed by atoms with Gasteiger partial charge in [-0.3, -0.25) is 4.90 Å². The third-order valence-electron chi connectivity index (χ3n) is 3.12. The number of hydrogen-bond acceptors (Lipinski definition) is 2. The summed E-state index contributed by atoms with van der Waals surface area (Å²) in [5.74, 6) is -1.90. The molecule has 0 bridgehead atoms. The van der Waals surface area contributed by atoms with Crippen LogP contribution in [0.3, 0.4) is 0 Å². The van der Waals surface area contributed by atoms with Crippen molar-refractivity contribution in [3.63, 3.8) is 0 Å². The van der Waals surface area contributed by atoms with E-state index in [1.807, 2.05) is 0 Å². The molecular weight excluding hydrogens is 328 g/mol. The van der Waals surface area contributed by atoms with Gasteiger partial charge in [0.05, 0.1) is 0 Å². The van der Waals surface area contributed by atoms with Crippen molar-refractivity contribution in [2.24, 2.45) is 0 Å². The van der Waals surface area contributed by atoms with Crippen LogP contribution in [-0.4, -0.2) is 37.5 Å². The van der Waals surface area contributed by atoms with Gasteiger partial charge in [-0.05, 0) is 12.1 Å². The molecular formula is C12H13BrF4N2. The van der Waals surface area contributed by atoms with Crippen molar-refractivity contribution in [3.05, 3.63) is 33.8 Å². The average Bonchev–Trinajstić information content (AvgIpc) is 2.34. The molecule has 2 nitrogen and oxygen atoms in total. The summed E-state index contributed by atoms with van der Waals surface area (Å²) in [5.41, 5.74) is -0.555. The van der Waals surface area contributed by atoms with Crippen LogP contribution in [0.2, 0.25) is 0 Å². The normalized spacial score (nSPS) is 18.8. The summed E-state index contributed by atoms with van der Waals surface area (Å²) >= 11 is 2.94. The third-order valence-corrected chi connectivity index (χ3v) is 3.58. The van der Waals surface area contributed by atoms with Gasteiger partial charge in [0.2, 0.25) is 0 Å². The smallest absolute Gasteiger partial charge is 0.258 e. The van der Waals surface area contributed by atoms with Crippen LogP contribution in [0.4, 0.5) is 17.6 Å². The van der Waals surface area contributed by atoms with E-state index in [-0.39, 0.29) is 4.47 Å². The molecule has 7 heteroatoms. The maximum atomic E-state index is 13.8. The van der Waals surface area contributed by atoms with Gasteiger partial charge in [-0.2, -0.15) is 0 Å². The van der Waals surface area contributed by atoms with Crippen molar-refractivity contribution in [2.75, 3.05) is 26.2 Å². The Bertz CT molecular complexity index is 426. The highest BCUT2D eigenvalue weighted by Gasteiger charge is 2.34. The molecule has 1 aliphatic heterocycles. The van der Waals surface area contributed by atoms with Gasteiger partial charge in [-0.25, -0.2) is 17.6 Å². The highest BCUT2D eigenvalue weighted by Crippen LogP contribution is 2.33. The molecule has 106 valence electrons. The zero-order chi connectivity index (χ0) is 14.0. The zero-order valence-corrected chi connectivity index (χ0v) is 11.6. The van der Waals surface area contributed by atoms with Crippen LogP contribution in [0, 0.1) is 11.6 Å². The minimum absolute atomic E-state index is 0.194. The second kappa shape index (κ2) is 6.19. The molecule has 1 heterocycles. The lowest BCUT2D eigenvalue weighted by molar-refractivity contribution is 0.0145. The molecule has 0 aliphatic carbocycles. The van der Waals surface area contributed by atoms with Gasteiger partial charge in [0.15, 0.2) is 0 Å². The van der Waals surface area contributed by atoms with E-state index < -0.39 is 29.7 Å². The molecule has 0 unspecified atom stereocenters. The van der Waals surface area contributed by atoms with Crippen molar-refractivity contribution < 1.29 is 17.6 Å². The SMILES string of the molecule is Fc1cc(Br)cc(F)c1[C@@H](C(F)F)N1CCNCC1. The van der Waals surface area contributed by atoms with Crippen LogP contribution < -0.4 is 5.32 Å². The molecule has 1 aromatic rings. The fourth-order valence-corrected chi connectivity index (χ4v) is 2.67. The minimum atomic E-state index is -2.84. The number of rotatable bonds is 3. The van der Waals surface area contributed by atoms with Crippen molar-refractivity contribution >= 4 is 15.9 Å². The molecule has 1 saturated heterocycles. The van der Waals surface area contributed by atoms with Crippen molar-refractivity contribution in [1.29, 1.82) is 0 Å². The van der Waals surface area contributed by atoms with Crippen LogP contribution in [-0.2, 0) is 0 Å². The highest BCUT2D eigenvalue weighted by atomic mass is 79.9. The summed E-state index contributed by atoms with van der Waals surface area (Å²) in [6.45, 7) is 1.74. The molecule has 1 atom stereocenters. The predicted octanol–water partition coefficient (Wildman–Crippen LogP) is 2.94. The van der Waals surface area contributed by atoms with Gasteiger partial charge in [0, 0.05) is 36.2 Å². The number of hydrogen-bond donors (Lipinski definition) is 1. The quantitative estimate of drug-likeness (QED) is 0.851. The Labute approximate surface area is 116 Å². The van der Waals surface area contributed by atoms with E-state index in [2.05, 4.69) is 21.2 Å². The molecule has 0 amide bonds. The lowest BCUT2D eigenvalue weighted by Gasteiger charge is -2.34. The van der Waals surface area contributed by atoms with Crippen molar-refractivity contribution in [2.45, 2.75) is 12.5 Å². The summed E-state index contributed by atoms with van der Waals surface area (Å²) in [4.78, 5) is 1.41. The Morgan fingerprint density at radius 1 is 1.11 bits per heavy atom. The summed E-state index contributed by atoms with van der Waals surface area (Å²) in [6, 6.07) is 0.474. The zero-order valence-electron chi connectivity index (χ0n) is 9.97. The number of nitrogens with zero attached hydrogens (tertiary/aromatic N) is 1. The molecule has 0 saturated carbocycles. The van der Waals surface area contributed by atoms with E-state index in [0.717, 1.165) is 12.1 Å². The maximum absolute atomic E-state index is 13.8. The molecule has 0 aromatic heterocycles. The topological polar surface area (TPSA) is 15.3 Å². The van der Waals surface area contributed by atoms with Gasteiger partial charge in [-0.15, -0.1) is 0 Å². The Hall–Kier alpha value is -0.660. The minimum Gasteiger partial charge on any atom is -0.314 e. The van der Waals surface area contributed by atoms with Gasteiger partial charge < -0.3 is 5.32 Å². The monoisotopic (exact) mass is 340 g/mol. The Morgan fingerprint density at radius 2 is 1.63 bits per heavy atom.